The van der Waals surface area contributed by atoms with Gasteiger partial charge in [0.05, 0.1) is 6.04 Å². The number of benzene rings is 1. The first kappa shape index (κ1) is 13.8. The molecule has 1 aliphatic heterocycles. The number of hydrogen-bond acceptors (Lipinski definition) is 4. The van der Waals surface area contributed by atoms with Crippen LogP contribution in [0.5, 0.6) is 5.75 Å². The van der Waals surface area contributed by atoms with E-state index in [-0.39, 0.29) is 11.9 Å². The van der Waals surface area contributed by atoms with Crippen LogP contribution in [0.2, 0.25) is 0 Å². The molecule has 1 aromatic rings. The first-order valence-electron chi connectivity index (χ1n) is 6.66. The summed E-state index contributed by atoms with van der Waals surface area (Å²) in [5.74, 6) is 0.583. The third-order valence-electron chi connectivity index (χ3n) is 3.52. The molecule has 5 nitrogen and oxygen atoms in total. The molecule has 5 heteroatoms. The number of nitrogens with two attached hydrogens (primary N) is 2. The maximum atomic E-state index is 11.3. The largest absolute Gasteiger partial charge is 0.492 e. The Labute approximate surface area is 113 Å². The number of carbonyl (C=O) groups is 1. The van der Waals surface area contributed by atoms with Gasteiger partial charge in [-0.05, 0) is 25.5 Å². The van der Waals surface area contributed by atoms with Crippen LogP contribution in [0, 0.1) is 0 Å². The van der Waals surface area contributed by atoms with Crippen LogP contribution < -0.4 is 16.2 Å². The van der Waals surface area contributed by atoms with Crippen molar-refractivity contribution in [3.8, 4) is 5.75 Å². The van der Waals surface area contributed by atoms with Gasteiger partial charge >= 0.3 is 0 Å². The van der Waals surface area contributed by atoms with Crippen LogP contribution in [-0.2, 0) is 11.3 Å². The third kappa shape index (κ3) is 3.45. The molecular formula is C14H21N3O2. The summed E-state index contributed by atoms with van der Waals surface area (Å²) < 4.78 is 5.74. The van der Waals surface area contributed by atoms with E-state index in [0.717, 1.165) is 30.7 Å². The fraction of sp³-hybridized carbons (Fsp3) is 0.500. The van der Waals surface area contributed by atoms with Gasteiger partial charge in [0.25, 0.3) is 0 Å². The van der Waals surface area contributed by atoms with Gasteiger partial charge in [0.1, 0.15) is 12.4 Å². The molecule has 0 bridgehead atoms. The second kappa shape index (κ2) is 6.54. The van der Waals surface area contributed by atoms with Crippen molar-refractivity contribution in [3.63, 3.8) is 0 Å². The summed E-state index contributed by atoms with van der Waals surface area (Å²) in [7, 11) is 0. The number of likely N-dealkylation sites (tertiary alicyclic amines) is 1. The van der Waals surface area contributed by atoms with Crippen molar-refractivity contribution in [2.75, 3.05) is 19.7 Å². The molecule has 1 amide bonds. The second-order valence-corrected chi connectivity index (χ2v) is 4.76. The highest BCUT2D eigenvalue weighted by molar-refractivity contribution is 5.80. The molecule has 0 aromatic heterocycles. The third-order valence-corrected chi connectivity index (χ3v) is 3.52. The first-order chi connectivity index (χ1) is 9.22. The van der Waals surface area contributed by atoms with E-state index in [1.165, 1.54) is 0 Å². The average Bonchev–Trinajstić information content (AvgIpc) is 2.88. The van der Waals surface area contributed by atoms with Crippen molar-refractivity contribution >= 4 is 5.91 Å². The lowest BCUT2D eigenvalue weighted by atomic mass is 10.2. The molecule has 0 spiro atoms. The van der Waals surface area contributed by atoms with Crippen molar-refractivity contribution in [1.82, 2.24) is 4.90 Å². The van der Waals surface area contributed by atoms with Gasteiger partial charge in [0, 0.05) is 18.7 Å². The highest BCUT2D eigenvalue weighted by Gasteiger charge is 2.28. The standard InChI is InChI=1S/C14H21N3O2/c15-10-11-4-1-2-6-13(11)19-9-8-17-7-3-5-12(17)14(16)18/h1-2,4,6,12H,3,5,7-10,15H2,(H2,16,18). The van der Waals surface area contributed by atoms with Crippen LogP contribution in [0.15, 0.2) is 24.3 Å². The fourth-order valence-corrected chi connectivity index (χ4v) is 2.50. The van der Waals surface area contributed by atoms with E-state index in [1.807, 2.05) is 24.3 Å². The van der Waals surface area contributed by atoms with E-state index in [1.54, 1.807) is 0 Å². The topological polar surface area (TPSA) is 81.6 Å². The molecule has 0 saturated carbocycles. The molecule has 0 radical (unpaired) electrons. The summed E-state index contributed by atoms with van der Waals surface area (Å²) in [6.07, 6.45) is 1.88. The summed E-state index contributed by atoms with van der Waals surface area (Å²) in [5.41, 5.74) is 12.0. The maximum Gasteiger partial charge on any atom is 0.234 e. The van der Waals surface area contributed by atoms with Gasteiger partial charge in [-0.2, -0.15) is 0 Å². The molecule has 1 fully saturated rings. The van der Waals surface area contributed by atoms with Crippen LogP contribution in [0.1, 0.15) is 18.4 Å². The van der Waals surface area contributed by atoms with Gasteiger partial charge < -0.3 is 16.2 Å². The predicted octanol–water partition coefficient (Wildman–Crippen LogP) is 0.474. The average molecular weight is 263 g/mol. The Kier molecular flexibility index (Phi) is 4.76. The molecule has 4 N–H and O–H groups in total. The van der Waals surface area contributed by atoms with Crippen molar-refractivity contribution in [3.05, 3.63) is 29.8 Å². The van der Waals surface area contributed by atoms with Gasteiger partial charge in [-0.1, -0.05) is 18.2 Å². The number of nitrogens with zero attached hydrogens (tertiary/aromatic N) is 1. The van der Waals surface area contributed by atoms with Crippen molar-refractivity contribution < 1.29 is 9.53 Å². The molecule has 1 heterocycles. The molecule has 1 saturated heterocycles. The van der Waals surface area contributed by atoms with Crippen molar-refractivity contribution in [1.29, 1.82) is 0 Å². The quantitative estimate of drug-likeness (QED) is 0.782. The van der Waals surface area contributed by atoms with Crippen molar-refractivity contribution in [2.24, 2.45) is 11.5 Å². The summed E-state index contributed by atoms with van der Waals surface area (Å²) >= 11 is 0. The summed E-state index contributed by atoms with van der Waals surface area (Å²) in [6, 6.07) is 7.61. The molecular weight excluding hydrogens is 242 g/mol. The molecule has 1 aliphatic rings. The minimum Gasteiger partial charge on any atom is -0.492 e. The molecule has 0 aliphatic carbocycles. The summed E-state index contributed by atoms with van der Waals surface area (Å²) in [5, 5.41) is 0. The van der Waals surface area contributed by atoms with E-state index in [2.05, 4.69) is 4.90 Å². The zero-order valence-corrected chi connectivity index (χ0v) is 11.0. The molecule has 2 rings (SSSR count). The number of amides is 1. The predicted molar refractivity (Wildman–Crippen MR) is 73.6 cm³/mol. The molecule has 1 unspecified atom stereocenters. The van der Waals surface area contributed by atoms with E-state index in [9.17, 15) is 4.79 Å². The highest BCUT2D eigenvalue weighted by Crippen LogP contribution is 2.19. The van der Waals surface area contributed by atoms with E-state index in [4.69, 9.17) is 16.2 Å². The van der Waals surface area contributed by atoms with Gasteiger partial charge in [-0.15, -0.1) is 0 Å². The Bertz CT molecular complexity index is 436. The second-order valence-electron chi connectivity index (χ2n) is 4.76. The van der Waals surface area contributed by atoms with Gasteiger partial charge in [-0.3, -0.25) is 9.69 Å². The number of carbonyl (C=O) groups excluding carboxylic acids is 1. The van der Waals surface area contributed by atoms with E-state index < -0.39 is 0 Å². The van der Waals surface area contributed by atoms with Gasteiger partial charge in [0.2, 0.25) is 5.91 Å². The van der Waals surface area contributed by atoms with E-state index >= 15 is 0 Å². The molecule has 1 atom stereocenters. The van der Waals surface area contributed by atoms with Crippen LogP contribution in [0.3, 0.4) is 0 Å². The Morgan fingerprint density at radius 3 is 2.95 bits per heavy atom. The van der Waals surface area contributed by atoms with Crippen LogP contribution in [0.25, 0.3) is 0 Å². The highest BCUT2D eigenvalue weighted by atomic mass is 16.5. The number of ether oxygens (including phenoxy) is 1. The fourth-order valence-electron chi connectivity index (χ4n) is 2.50. The Hall–Kier alpha value is -1.59. The zero-order chi connectivity index (χ0) is 13.7. The Morgan fingerprint density at radius 2 is 2.21 bits per heavy atom. The Balaban J connectivity index is 1.85. The Morgan fingerprint density at radius 1 is 1.42 bits per heavy atom. The lowest BCUT2D eigenvalue weighted by Crippen LogP contribution is -2.42. The molecule has 1 aromatic carbocycles. The lowest BCUT2D eigenvalue weighted by Gasteiger charge is -2.22. The summed E-state index contributed by atoms with van der Waals surface area (Å²) in [4.78, 5) is 13.4. The normalized spacial score (nSPS) is 19.5. The summed E-state index contributed by atoms with van der Waals surface area (Å²) in [6.45, 7) is 2.63. The van der Waals surface area contributed by atoms with Crippen molar-refractivity contribution in [2.45, 2.75) is 25.4 Å². The van der Waals surface area contributed by atoms with Gasteiger partial charge in [0.15, 0.2) is 0 Å². The number of hydrogen-bond donors (Lipinski definition) is 2. The SMILES string of the molecule is NCc1ccccc1OCCN1CCCC1C(N)=O. The van der Waals surface area contributed by atoms with Crippen LogP contribution in [-0.4, -0.2) is 36.5 Å². The lowest BCUT2D eigenvalue weighted by molar-refractivity contribution is -0.122. The monoisotopic (exact) mass is 263 g/mol. The number of rotatable bonds is 6. The minimum absolute atomic E-state index is 0.131. The smallest absolute Gasteiger partial charge is 0.234 e. The maximum absolute atomic E-state index is 11.3. The van der Waals surface area contributed by atoms with E-state index in [0.29, 0.717) is 19.7 Å². The molecule has 104 valence electrons. The number of para-hydroxylation sites is 1. The zero-order valence-electron chi connectivity index (χ0n) is 11.0. The van der Waals surface area contributed by atoms with Gasteiger partial charge in [-0.25, -0.2) is 0 Å². The van der Waals surface area contributed by atoms with Crippen LogP contribution >= 0.6 is 0 Å². The first-order valence-corrected chi connectivity index (χ1v) is 6.66. The minimum atomic E-state index is -0.236. The molecule has 19 heavy (non-hydrogen) atoms. The number of primary amides is 1. The van der Waals surface area contributed by atoms with Crippen LogP contribution in [0.4, 0.5) is 0 Å².